The lowest BCUT2D eigenvalue weighted by Crippen LogP contribution is -2.33. The number of likely N-dealkylation sites (N-methyl/N-ethyl adjacent to an activating group) is 1. The van der Waals surface area contributed by atoms with Crippen molar-refractivity contribution >= 4 is 40.5 Å². The molecular formula is C27H25ClN4O4. The minimum absolute atomic E-state index is 0.0764. The number of aromatic nitrogens is 1. The highest BCUT2D eigenvalue weighted by atomic mass is 35.5. The van der Waals surface area contributed by atoms with Crippen LogP contribution >= 0.6 is 11.6 Å². The number of benzene rings is 3. The van der Waals surface area contributed by atoms with Crippen LogP contribution in [0.3, 0.4) is 0 Å². The molecule has 4 aromatic rings. The van der Waals surface area contributed by atoms with Gasteiger partial charge in [-0.15, -0.1) is 0 Å². The standard InChI is InChI=1S/C27H25ClN4O4/c1-31(16-25(34)18-6-3-2-4-7-18)26(35)17-32-13-12-21-20(8-5-9-23(21)32)15-29-30-27(36)19-10-11-24(33)22(28)14-19/h2-15,25,33-34H,16-17H2,1H3,(H,30,36)/b29-15+. The molecule has 1 unspecified atom stereocenters. The van der Waals surface area contributed by atoms with Crippen molar-refractivity contribution in [2.24, 2.45) is 5.10 Å². The van der Waals surface area contributed by atoms with Gasteiger partial charge in [0, 0.05) is 35.3 Å². The summed E-state index contributed by atoms with van der Waals surface area (Å²) in [5.74, 6) is -0.712. The Morgan fingerprint density at radius 2 is 1.89 bits per heavy atom. The van der Waals surface area contributed by atoms with Gasteiger partial charge in [0.05, 0.1) is 23.9 Å². The first kappa shape index (κ1) is 25.0. The van der Waals surface area contributed by atoms with E-state index in [2.05, 4.69) is 10.5 Å². The second kappa shape index (κ2) is 11.1. The van der Waals surface area contributed by atoms with Crippen molar-refractivity contribution in [3.05, 3.63) is 101 Å². The first-order chi connectivity index (χ1) is 17.3. The van der Waals surface area contributed by atoms with Crippen LogP contribution in [0.2, 0.25) is 5.02 Å². The Morgan fingerprint density at radius 3 is 2.64 bits per heavy atom. The van der Waals surface area contributed by atoms with Crippen molar-refractivity contribution in [1.82, 2.24) is 14.9 Å². The van der Waals surface area contributed by atoms with Crippen LogP contribution in [0, 0.1) is 0 Å². The largest absolute Gasteiger partial charge is 0.506 e. The molecule has 4 rings (SSSR count). The fourth-order valence-electron chi connectivity index (χ4n) is 3.78. The molecule has 0 bridgehead atoms. The number of phenols is 1. The van der Waals surface area contributed by atoms with Gasteiger partial charge in [-0.1, -0.05) is 54.1 Å². The second-order valence-corrected chi connectivity index (χ2v) is 8.70. The third-order valence-electron chi connectivity index (χ3n) is 5.79. The molecule has 3 aromatic carbocycles. The second-order valence-electron chi connectivity index (χ2n) is 8.29. The average Bonchev–Trinajstić information content (AvgIpc) is 3.29. The summed E-state index contributed by atoms with van der Waals surface area (Å²) in [6.07, 6.45) is 2.58. The molecule has 36 heavy (non-hydrogen) atoms. The lowest BCUT2D eigenvalue weighted by Gasteiger charge is -2.21. The monoisotopic (exact) mass is 504 g/mol. The molecule has 1 atom stereocenters. The van der Waals surface area contributed by atoms with Crippen molar-refractivity contribution in [2.45, 2.75) is 12.6 Å². The van der Waals surface area contributed by atoms with Gasteiger partial charge in [0.15, 0.2) is 0 Å². The van der Waals surface area contributed by atoms with Crippen molar-refractivity contribution in [2.75, 3.05) is 13.6 Å². The van der Waals surface area contributed by atoms with Crippen molar-refractivity contribution in [3.8, 4) is 5.75 Å². The van der Waals surface area contributed by atoms with E-state index >= 15 is 0 Å². The highest BCUT2D eigenvalue weighted by molar-refractivity contribution is 6.32. The summed E-state index contributed by atoms with van der Waals surface area (Å²) in [7, 11) is 1.67. The van der Waals surface area contributed by atoms with E-state index in [-0.39, 0.29) is 35.3 Å². The van der Waals surface area contributed by atoms with E-state index in [4.69, 9.17) is 11.6 Å². The summed E-state index contributed by atoms with van der Waals surface area (Å²) in [4.78, 5) is 26.6. The molecule has 8 nitrogen and oxygen atoms in total. The Morgan fingerprint density at radius 1 is 1.11 bits per heavy atom. The lowest BCUT2D eigenvalue weighted by atomic mass is 10.1. The molecule has 0 saturated heterocycles. The predicted molar refractivity (Wildman–Crippen MR) is 139 cm³/mol. The van der Waals surface area contributed by atoms with Crippen LogP contribution < -0.4 is 5.43 Å². The summed E-state index contributed by atoms with van der Waals surface area (Å²) in [5, 5.41) is 24.9. The number of phenolic OH excluding ortho intramolecular Hbond substituents is 1. The van der Waals surface area contributed by atoms with Crippen LogP contribution in [0.1, 0.15) is 27.6 Å². The van der Waals surface area contributed by atoms with Gasteiger partial charge < -0.3 is 19.7 Å². The maximum Gasteiger partial charge on any atom is 0.271 e. The first-order valence-electron chi connectivity index (χ1n) is 11.2. The zero-order chi connectivity index (χ0) is 25.7. The highest BCUT2D eigenvalue weighted by Crippen LogP contribution is 2.24. The van der Waals surface area contributed by atoms with Gasteiger partial charge in [-0.3, -0.25) is 9.59 Å². The number of fused-ring (bicyclic) bond motifs is 1. The minimum Gasteiger partial charge on any atom is -0.506 e. The Hall–Kier alpha value is -4.14. The summed E-state index contributed by atoms with van der Waals surface area (Å²) >= 11 is 5.85. The fourth-order valence-corrected chi connectivity index (χ4v) is 3.96. The normalized spacial score (nSPS) is 12.1. The van der Waals surface area contributed by atoms with E-state index in [1.165, 1.54) is 29.3 Å². The van der Waals surface area contributed by atoms with E-state index in [1.54, 1.807) is 7.05 Å². The Bertz CT molecular complexity index is 1420. The third kappa shape index (κ3) is 5.73. The Kier molecular flexibility index (Phi) is 7.68. The molecule has 9 heteroatoms. The van der Waals surface area contributed by atoms with Gasteiger partial charge in [0.25, 0.3) is 5.91 Å². The summed E-state index contributed by atoms with van der Waals surface area (Å²) < 4.78 is 1.83. The molecule has 0 aliphatic heterocycles. The van der Waals surface area contributed by atoms with Crippen molar-refractivity contribution in [1.29, 1.82) is 0 Å². The molecule has 1 heterocycles. The number of aliphatic hydroxyl groups excluding tert-OH is 1. The van der Waals surface area contributed by atoms with Crippen LogP contribution in [0.4, 0.5) is 0 Å². The topological polar surface area (TPSA) is 107 Å². The van der Waals surface area contributed by atoms with Gasteiger partial charge in [0.1, 0.15) is 12.3 Å². The maximum absolute atomic E-state index is 12.8. The number of nitrogens with one attached hydrogen (secondary N) is 1. The van der Waals surface area contributed by atoms with Crippen molar-refractivity contribution < 1.29 is 19.8 Å². The SMILES string of the molecule is CN(CC(O)c1ccccc1)C(=O)Cn1ccc2c(/C=N/NC(=O)c3ccc(O)c(Cl)c3)cccc21. The van der Waals surface area contributed by atoms with E-state index in [0.29, 0.717) is 0 Å². The smallest absolute Gasteiger partial charge is 0.271 e. The number of halogens is 1. The number of hydrazone groups is 1. The predicted octanol–water partition coefficient (Wildman–Crippen LogP) is 3.96. The summed E-state index contributed by atoms with van der Waals surface area (Å²) in [5.41, 5.74) is 5.06. The molecule has 0 fully saturated rings. The lowest BCUT2D eigenvalue weighted by molar-refractivity contribution is -0.131. The highest BCUT2D eigenvalue weighted by Gasteiger charge is 2.16. The van der Waals surface area contributed by atoms with Crippen LogP contribution in [0.25, 0.3) is 10.9 Å². The first-order valence-corrected chi connectivity index (χ1v) is 11.6. The molecule has 0 aliphatic carbocycles. The van der Waals surface area contributed by atoms with Crippen molar-refractivity contribution in [3.63, 3.8) is 0 Å². The van der Waals surface area contributed by atoms with Gasteiger partial charge in [-0.25, -0.2) is 5.43 Å². The molecule has 3 N–H and O–H groups in total. The van der Waals surface area contributed by atoms with Gasteiger partial charge in [-0.2, -0.15) is 5.10 Å². The number of nitrogens with zero attached hydrogens (tertiary/aromatic N) is 3. The number of rotatable bonds is 8. The third-order valence-corrected chi connectivity index (χ3v) is 6.09. The summed E-state index contributed by atoms with van der Waals surface area (Å²) in [6.45, 7) is 0.298. The molecule has 0 radical (unpaired) electrons. The van der Waals surface area contributed by atoms with E-state index in [1.807, 2.05) is 65.4 Å². The number of aliphatic hydroxyl groups is 1. The number of amides is 2. The van der Waals surface area contributed by atoms with Crippen LogP contribution in [0.5, 0.6) is 5.75 Å². The molecule has 0 saturated carbocycles. The number of carbonyl (C=O) groups is 2. The fraction of sp³-hybridized carbons (Fsp3) is 0.148. The zero-order valence-corrected chi connectivity index (χ0v) is 20.3. The van der Waals surface area contributed by atoms with Gasteiger partial charge in [0.2, 0.25) is 5.91 Å². The molecular weight excluding hydrogens is 480 g/mol. The zero-order valence-electron chi connectivity index (χ0n) is 19.5. The molecule has 0 aliphatic rings. The number of hydrogen-bond acceptors (Lipinski definition) is 5. The Balaban J connectivity index is 1.42. The number of hydrogen-bond donors (Lipinski definition) is 3. The van der Waals surface area contributed by atoms with Crippen LogP contribution in [-0.4, -0.2) is 51.3 Å². The van der Waals surface area contributed by atoms with E-state index < -0.39 is 12.0 Å². The van der Waals surface area contributed by atoms with Crippen LogP contribution in [0.15, 0.2) is 84.1 Å². The number of carbonyl (C=O) groups excluding carboxylic acids is 2. The quantitative estimate of drug-likeness (QED) is 0.249. The average molecular weight is 505 g/mol. The Labute approximate surface area is 213 Å². The van der Waals surface area contributed by atoms with Gasteiger partial charge >= 0.3 is 0 Å². The van der Waals surface area contributed by atoms with Gasteiger partial charge in [-0.05, 0) is 35.9 Å². The maximum atomic E-state index is 12.8. The van der Waals surface area contributed by atoms with E-state index in [0.717, 1.165) is 22.0 Å². The molecule has 1 aromatic heterocycles. The minimum atomic E-state index is -0.766. The molecule has 184 valence electrons. The molecule has 2 amide bonds. The summed E-state index contributed by atoms with van der Waals surface area (Å²) in [6, 6.07) is 20.8. The number of aromatic hydroxyl groups is 1. The van der Waals surface area contributed by atoms with E-state index in [9.17, 15) is 19.8 Å². The molecule has 0 spiro atoms. The van der Waals surface area contributed by atoms with Crippen LogP contribution in [-0.2, 0) is 11.3 Å².